The number of nitrogens with one attached hydrogen (secondary N) is 1. The van der Waals surface area contributed by atoms with E-state index in [1.165, 1.54) is 12.1 Å². The molecule has 2 atom stereocenters. The molecule has 1 heterocycles. The third-order valence-electron chi connectivity index (χ3n) is 4.13. The van der Waals surface area contributed by atoms with Crippen molar-refractivity contribution in [3.8, 4) is 0 Å². The number of fused-ring (bicyclic) bond motifs is 1. The number of aromatic amines is 1. The first-order chi connectivity index (χ1) is 7.88. The van der Waals surface area contributed by atoms with Crippen LogP contribution in [0, 0.1) is 11.3 Å². The molecule has 3 heteroatoms. The molecule has 0 fully saturated rings. The first-order valence-electron chi connectivity index (χ1n) is 6.71. The Morgan fingerprint density at radius 3 is 2.76 bits per heavy atom. The molecule has 3 nitrogen and oxygen atoms in total. The zero-order valence-electron chi connectivity index (χ0n) is 11.5. The molecule has 3 N–H and O–H groups in total. The summed E-state index contributed by atoms with van der Waals surface area (Å²) in [6, 6.07) is 0.147. The molecule has 96 valence electrons. The van der Waals surface area contributed by atoms with Crippen LogP contribution in [-0.4, -0.2) is 9.97 Å². The van der Waals surface area contributed by atoms with Gasteiger partial charge in [-0.2, -0.15) is 0 Å². The summed E-state index contributed by atoms with van der Waals surface area (Å²) < 4.78 is 0. The molecule has 17 heavy (non-hydrogen) atoms. The Morgan fingerprint density at radius 1 is 1.47 bits per heavy atom. The van der Waals surface area contributed by atoms with Crippen molar-refractivity contribution in [3.63, 3.8) is 0 Å². The summed E-state index contributed by atoms with van der Waals surface area (Å²) in [5.41, 5.74) is 8.82. The lowest BCUT2D eigenvalue weighted by atomic mass is 9.80. The largest absolute Gasteiger partial charge is 0.346 e. The molecule has 2 unspecified atom stereocenters. The summed E-state index contributed by atoms with van der Waals surface area (Å²) >= 11 is 0. The fraction of sp³-hybridized carbons (Fsp3) is 0.786. The van der Waals surface area contributed by atoms with Crippen molar-refractivity contribution < 1.29 is 0 Å². The average molecular weight is 235 g/mol. The first-order valence-corrected chi connectivity index (χ1v) is 6.71. The highest BCUT2D eigenvalue weighted by atomic mass is 15.0. The Morgan fingerprint density at radius 2 is 2.18 bits per heavy atom. The summed E-state index contributed by atoms with van der Waals surface area (Å²) in [6.07, 6.45) is 4.39. The Kier molecular flexibility index (Phi) is 3.30. The summed E-state index contributed by atoms with van der Waals surface area (Å²) in [5.74, 6) is 1.74. The standard InChI is InChI=1S/C14H25N3/c1-9(14(2,3)4)8-12-16-11-7-5-6-10(15)13(11)17-12/h9-10H,5-8,15H2,1-4H3,(H,16,17). The van der Waals surface area contributed by atoms with Crippen LogP contribution in [0.4, 0.5) is 0 Å². The van der Waals surface area contributed by atoms with Crippen LogP contribution in [0.3, 0.4) is 0 Å². The van der Waals surface area contributed by atoms with E-state index in [-0.39, 0.29) is 6.04 Å². The monoisotopic (exact) mass is 235 g/mol. The van der Waals surface area contributed by atoms with E-state index >= 15 is 0 Å². The highest BCUT2D eigenvalue weighted by Gasteiger charge is 2.25. The minimum atomic E-state index is 0.147. The van der Waals surface area contributed by atoms with E-state index in [1.54, 1.807) is 0 Å². The predicted octanol–water partition coefficient (Wildman–Crippen LogP) is 2.97. The Hall–Kier alpha value is -0.830. The summed E-state index contributed by atoms with van der Waals surface area (Å²) in [4.78, 5) is 8.18. The van der Waals surface area contributed by atoms with Gasteiger partial charge in [0.25, 0.3) is 0 Å². The van der Waals surface area contributed by atoms with Gasteiger partial charge in [-0.3, -0.25) is 0 Å². The molecule has 2 rings (SSSR count). The normalized spacial score (nSPS) is 22.3. The second-order valence-electron chi connectivity index (χ2n) is 6.52. The van der Waals surface area contributed by atoms with Crippen LogP contribution in [0.25, 0.3) is 0 Å². The van der Waals surface area contributed by atoms with Crippen molar-refractivity contribution in [1.82, 2.24) is 9.97 Å². The maximum atomic E-state index is 6.09. The maximum absolute atomic E-state index is 6.09. The van der Waals surface area contributed by atoms with Gasteiger partial charge in [0, 0.05) is 18.2 Å². The SMILES string of the molecule is CC(Cc1nc2c([nH]1)CCCC2N)C(C)(C)C. The van der Waals surface area contributed by atoms with Gasteiger partial charge in [0.2, 0.25) is 0 Å². The molecule has 0 bridgehead atoms. The van der Waals surface area contributed by atoms with Crippen LogP contribution in [0.15, 0.2) is 0 Å². The highest BCUT2D eigenvalue weighted by molar-refractivity contribution is 5.21. The molecule has 1 aromatic heterocycles. The van der Waals surface area contributed by atoms with Gasteiger partial charge in [0.05, 0.1) is 5.69 Å². The predicted molar refractivity (Wildman–Crippen MR) is 70.8 cm³/mol. The number of imidazole rings is 1. The Labute approximate surface area is 104 Å². The van der Waals surface area contributed by atoms with E-state index in [9.17, 15) is 0 Å². The third-order valence-corrected chi connectivity index (χ3v) is 4.13. The van der Waals surface area contributed by atoms with Crippen molar-refractivity contribution in [2.45, 2.75) is 59.4 Å². The molecule has 0 saturated heterocycles. The van der Waals surface area contributed by atoms with E-state index in [4.69, 9.17) is 10.7 Å². The van der Waals surface area contributed by atoms with Crippen LogP contribution in [0.5, 0.6) is 0 Å². The Balaban J connectivity index is 2.13. The van der Waals surface area contributed by atoms with Crippen molar-refractivity contribution in [1.29, 1.82) is 0 Å². The number of rotatable bonds is 2. The second-order valence-corrected chi connectivity index (χ2v) is 6.52. The van der Waals surface area contributed by atoms with E-state index < -0.39 is 0 Å². The van der Waals surface area contributed by atoms with Gasteiger partial charge in [-0.25, -0.2) is 4.98 Å². The molecule has 0 spiro atoms. The molecule has 0 radical (unpaired) electrons. The number of aromatic nitrogens is 2. The van der Waals surface area contributed by atoms with Crippen LogP contribution in [-0.2, 0) is 12.8 Å². The molecule has 1 aromatic rings. The van der Waals surface area contributed by atoms with Gasteiger partial charge >= 0.3 is 0 Å². The quantitative estimate of drug-likeness (QED) is 0.828. The van der Waals surface area contributed by atoms with Gasteiger partial charge < -0.3 is 10.7 Å². The molecule has 1 aliphatic rings. The summed E-state index contributed by atoms with van der Waals surface area (Å²) in [7, 11) is 0. The van der Waals surface area contributed by atoms with Crippen LogP contribution >= 0.6 is 0 Å². The average Bonchev–Trinajstić information content (AvgIpc) is 2.60. The lowest BCUT2D eigenvalue weighted by Gasteiger charge is -2.26. The maximum Gasteiger partial charge on any atom is 0.106 e. The number of nitrogens with zero attached hydrogens (tertiary/aromatic N) is 1. The van der Waals surface area contributed by atoms with Gasteiger partial charge in [0.15, 0.2) is 0 Å². The van der Waals surface area contributed by atoms with E-state index in [1.807, 2.05) is 0 Å². The second kappa shape index (κ2) is 4.45. The van der Waals surface area contributed by atoms with E-state index in [2.05, 4.69) is 32.7 Å². The van der Waals surface area contributed by atoms with E-state index in [0.29, 0.717) is 11.3 Å². The number of H-pyrrole nitrogens is 1. The van der Waals surface area contributed by atoms with E-state index in [0.717, 1.165) is 30.8 Å². The lowest BCUT2D eigenvalue weighted by molar-refractivity contribution is 0.257. The van der Waals surface area contributed by atoms with Gasteiger partial charge in [-0.05, 0) is 30.6 Å². The van der Waals surface area contributed by atoms with Crippen molar-refractivity contribution in [2.75, 3.05) is 0 Å². The van der Waals surface area contributed by atoms with Crippen LogP contribution < -0.4 is 5.73 Å². The molecule has 0 aromatic carbocycles. The van der Waals surface area contributed by atoms with Gasteiger partial charge in [-0.1, -0.05) is 27.7 Å². The van der Waals surface area contributed by atoms with Crippen LogP contribution in [0.1, 0.15) is 63.8 Å². The zero-order valence-corrected chi connectivity index (χ0v) is 11.5. The van der Waals surface area contributed by atoms with Crippen molar-refractivity contribution >= 4 is 0 Å². The minimum Gasteiger partial charge on any atom is -0.346 e. The van der Waals surface area contributed by atoms with Crippen LogP contribution in [0.2, 0.25) is 0 Å². The molecule has 0 saturated carbocycles. The molecule has 0 aliphatic heterocycles. The number of hydrogen-bond donors (Lipinski definition) is 2. The van der Waals surface area contributed by atoms with Crippen molar-refractivity contribution in [3.05, 3.63) is 17.2 Å². The highest BCUT2D eigenvalue weighted by Crippen LogP contribution is 2.30. The Bertz CT molecular complexity index is 387. The fourth-order valence-electron chi connectivity index (χ4n) is 2.30. The van der Waals surface area contributed by atoms with Gasteiger partial charge in [0.1, 0.15) is 5.82 Å². The molecule has 1 aliphatic carbocycles. The summed E-state index contributed by atoms with van der Waals surface area (Å²) in [5, 5.41) is 0. The van der Waals surface area contributed by atoms with Crippen molar-refractivity contribution in [2.24, 2.45) is 17.1 Å². The lowest BCUT2D eigenvalue weighted by Crippen LogP contribution is -2.20. The smallest absolute Gasteiger partial charge is 0.106 e. The molecular formula is C14H25N3. The number of aryl methyl sites for hydroxylation is 1. The molecule has 0 amide bonds. The third kappa shape index (κ3) is 2.71. The summed E-state index contributed by atoms with van der Waals surface area (Å²) in [6.45, 7) is 9.15. The number of hydrogen-bond acceptors (Lipinski definition) is 2. The van der Waals surface area contributed by atoms with Gasteiger partial charge in [-0.15, -0.1) is 0 Å². The topological polar surface area (TPSA) is 54.7 Å². The zero-order chi connectivity index (χ0) is 12.6. The fourth-order valence-corrected chi connectivity index (χ4v) is 2.30. The minimum absolute atomic E-state index is 0.147. The molecular weight excluding hydrogens is 210 g/mol. The first kappa shape index (κ1) is 12.6. The number of nitrogens with two attached hydrogens (primary N) is 1.